The molecule has 0 fully saturated rings. The summed E-state index contributed by atoms with van der Waals surface area (Å²) in [4.78, 5) is 24.9. The maximum absolute atomic E-state index is 11.3. The number of rotatable bonds is 4. The number of aryl methyl sites for hydroxylation is 1. The molecule has 0 aliphatic heterocycles. The summed E-state index contributed by atoms with van der Waals surface area (Å²) in [5.74, 6) is -1.36. The predicted octanol–water partition coefficient (Wildman–Crippen LogP) is 1.44. The molecule has 1 aromatic rings. The normalized spacial score (nSPS) is 10.2. The molecule has 0 bridgehead atoms. The first kappa shape index (κ1) is 12.3. The third-order valence-electron chi connectivity index (χ3n) is 2.43. The highest BCUT2D eigenvalue weighted by molar-refractivity contribution is 5.88. The fraction of sp³-hybridized carbons (Fsp3) is 0.455. The lowest BCUT2D eigenvalue weighted by molar-refractivity contribution is -0.142. The van der Waals surface area contributed by atoms with Crippen molar-refractivity contribution in [2.45, 2.75) is 27.2 Å². The van der Waals surface area contributed by atoms with Crippen molar-refractivity contribution in [1.29, 1.82) is 0 Å². The number of H-pyrrole nitrogens is 1. The van der Waals surface area contributed by atoms with Crippen LogP contribution in [0.15, 0.2) is 0 Å². The van der Waals surface area contributed by atoms with Gasteiger partial charge < -0.3 is 14.8 Å². The first-order valence-corrected chi connectivity index (χ1v) is 5.04. The molecular weight excluding hydrogens is 210 g/mol. The van der Waals surface area contributed by atoms with Crippen LogP contribution in [0.2, 0.25) is 0 Å². The van der Waals surface area contributed by atoms with Gasteiger partial charge in [0.15, 0.2) is 0 Å². The van der Waals surface area contributed by atoms with E-state index in [0.29, 0.717) is 23.4 Å². The van der Waals surface area contributed by atoms with E-state index < -0.39 is 5.97 Å². The maximum Gasteiger partial charge on any atom is 0.352 e. The molecule has 0 radical (unpaired) electrons. The average molecular weight is 225 g/mol. The van der Waals surface area contributed by atoms with Gasteiger partial charge in [0.25, 0.3) is 0 Å². The number of carboxylic acid groups (broad SMARTS) is 1. The van der Waals surface area contributed by atoms with Gasteiger partial charge in [-0.2, -0.15) is 0 Å². The van der Waals surface area contributed by atoms with Gasteiger partial charge in [-0.25, -0.2) is 4.79 Å². The first-order chi connectivity index (χ1) is 7.47. The van der Waals surface area contributed by atoms with Gasteiger partial charge in [-0.3, -0.25) is 4.79 Å². The van der Waals surface area contributed by atoms with Gasteiger partial charge in [-0.1, -0.05) is 0 Å². The van der Waals surface area contributed by atoms with E-state index in [1.54, 1.807) is 20.8 Å². The lowest BCUT2D eigenvalue weighted by Gasteiger charge is -2.02. The van der Waals surface area contributed by atoms with E-state index in [-0.39, 0.29) is 18.1 Å². The van der Waals surface area contributed by atoms with Crippen LogP contribution < -0.4 is 0 Å². The van der Waals surface area contributed by atoms with E-state index in [9.17, 15) is 9.59 Å². The van der Waals surface area contributed by atoms with Crippen LogP contribution >= 0.6 is 0 Å². The Hall–Kier alpha value is -1.78. The third-order valence-corrected chi connectivity index (χ3v) is 2.43. The standard InChI is InChI=1S/C11H15NO4/c1-4-16-9(13)5-8-6(2)10(11(14)15)12-7(8)3/h12H,4-5H2,1-3H3,(H,14,15). The minimum absolute atomic E-state index is 0.106. The summed E-state index contributed by atoms with van der Waals surface area (Å²) in [6, 6.07) is 0. The van der Waals surface area contributed by atoms with E-state index in [1.807, 2.05) is 0 Å². The van der Waals surface area contributed by atoms with E-state index in [0.717, 1.165) is 0 Å². The highest BCUT2D eigenvalue weighted by atomic mass is 16.5. The topological polar surface area (TPSA) is 79.4 Å². The fourth-order valence-electron chi connectivity index (χ4n) is 1.62. The van der Waals surface area contributed by atoms with Crippen LogP contribution in [0.4, 0.5) is 0 Å². The minimum atomic E-state index is -1.02. The van der Waals surface area contributed by atoms with Crippen molar-refractivity contribution in [3.05, 3.63) is 22.5 Å². The molecule has 0 unspecified atom stereocenters. The largest absolute Gasteiger partial charge is 0.477 e. The van der Waals surface area contributed by atoms with Crippen LogP contribution in [0.1, 0.15) is 34.2 Å². The number of aromatic nitrogens is 1. The molecule has 16 heavy (non-hydrogen) atoms. The number of aromatic amines is 1. The summed E-state index contributed by atoms with van der Waals surface area (Å²) < 4.78 is 4.83. The molecule has 0 saturated carbocycles. The Labute approximate surface area is 93.4 Å². The van der Waals surface area contributed by atoms with Gasteiger partial charge in [-0.05, 0) is 31.9 Å². The molecule has 2 N–H and O–H groups in total. The van der Waals surface area contributed by atoms with Crippen LogP contribution in [0.25, 0.3) is 0 Å². The van der Waals surface area contributed by atoms with Crippen LogP contribution in [0, 0.1) is 13.8 Å². The molecule has 0 aromatic carbocycles. The van der Waals surface area contributed by atoms with Gasteiger partial charge in [0, 0.05) is 5.69 Å². The maximum atomic E-state index is 11.3. The Morgan fingerprint density at radius 3 is 2.44 bits per heavy atom. The van der Waals surface area contributed by atoms with E-state index in [1.165, 1.54) is 0 Å². The summed E-state index contributed by atoms with van der Waals surface area (Å²) >= 11 is 0. The molecule has 0 aliphatic carbocycles. The van der Waals surface area contributed by atoms with Crippen LogP contribution in [-0.4, -0.2) is 28.6 Å². The molecule has 1 aromatic heterocycles. The molecule has 1 rings (SSSR count). The average Bonchev–Trinajstić information content (AvgIpc) is 2.46. The van der Waals surface area contributed by atoms with Crippen molar-refractivity contribution in [3.8, 4) is 0 Å². The number of aromatic carboxylic acids is 1. The molecule has 5 nitrogen and oxygen atoms in total. The molecule has 0 spiro atoms. The van der Waals surface area contributed by atoms with Crippen molar-refractivity contribution < 1.29 is 19.4 Å². The molecule has 1 heterocycles. The second-order valence-electron chi connectivity index (χ2n) is 3.52. The summed E-state index contributed by atoms with van der Waals surface area (Å²) in [6.07, 6.45) is 0.106. The smallest absolute Gasteiger partial charge is 0.352 e. The van der Waals surface area contributed by atoms with E-state index in [2.05, 4.69) is 4.98 Å². The SMILES string of the molecule is CCOC(=O)Cc1c(C)[nH]c(C(=O)O)c1C. The zero-order valence-electron chi connectivity index (χ0n) is 9.59. The van der Waals surface area contributed by atoms with Crippen LogP contribution in [0.3, 0.4) is 0 Å². The van der Waals surface area contributed by atoms with Crippen molar-refractivity contribution in [2.24, 2.45) is 0 Å². The first-order valence-electron chi connectivity index (χ1n) is 5.04. The van der Waals surface area contributed by atoms with Gasteiger partial charge in [0.2, 0.25) is 0 Å². The van der Waals surface area contributed by atoms with Crippen LogP contribution in [-0.2, 0) is 16.0 Å². The van der Waals surface area contributed by atoms with Crippen molar-refractivity contribution in [2.75, 3.05) is 6.61 Å². The Bertz CT molecular complexity index is 420. The number of nitrogens with one attached hydrogen (secondary N) is 1. The summed E-state index contributed by atoms with van der Waals surface area (Å²) in [5.41, 5.74) is 2.13. The molecule has 0 aliphatic rings. The van der Waals surface area contributed by atoms with Gasteiger partial charge in [0.05, 0.1) is 13.0 Å². The second-order valence-corrected chi connectivity index (χ2v) is 3.52. The number of carbonyl (C=O) groups is 2. The van der Waals surface area contributed by atoms with Crippen molar-refractivity contribution in [1.82, 2.24) is 4.98 Å². The second kappa shape index (κ2) is 4.83. The summed E-state index contributed by atoms with van der Waals surface area (Å²) in [6.45, 7) is 5.49. The van der Waals surface area contributed by atoms with E-state index >= 15 is 0 Å². The number of hydrogen-bond acceptors (Lipinski definition) is 3. The Balaban J connectivity index is 2.96. The fourth-order valence-corrected chi connectivity index (χ4v) is 1.62. The van der Waals surface area contributed by atoms with Crippen LogP contribution in [0.5, 0.6) is 0 Å². The zero-order valence-corrected chi connectivity index (χ0v) is 9.59. The molecular formula is C11H15NO4. The molecule has 0 amide bonds. The molecule has 0 saturated heterocycles. The highest BCUT2D eigenvalue weighted by Crippen LogP contribution is 2.18. The van der Waals surface area contributed by atoms with Gasteiger partial charge in [-0.15, -0.1) is 0 Å². The Kier molecular flexibility index (Phi) is 3.71. The third kappa shape index (κ3) is 2.42. The van der Waals surface area contributed by atoms with Crippen molar-refractivity contribution >= 4 is 11.9 Å². The Morgan fingerprint density at radius 1 is 1.38 bits per heavy atom. The highest BCUT2D eigenvalue weighted by Gasteiger charge is 2.18. The monoisotopic (exact) mass is 225 g/mol. The van der Waals surface area contributed by atoms with Crippen molar-refractivity contribution in [3.63, 3.8) is 0 Å². The minimum Gasteiger partial charge on any atom is -0.477 e. The Morgan fingerprint density at radius 2 is 2.00 bits per heavy atom. The van der Waals surface area contributed by atoms with E-state index in [4.69, 9.17) is 9.84 Å². The number of ether oxygens (including phenoxy) is 1. The molecule has 5 heteroatoms. The number of carboxylic acids is 1. The van der Waals surface area contributed by atoms with Gasteiger partial charge in [0.1, 0.15) is 5.69 Å². The predicted molar refractivity (Wildman–Crippen MR) is 57.6 cm³/mol. The zero-order chi connectivity index (χ0) is 12.3. The lowest BCUT2D eigenvalue weighted by atomic mass is 10.1. The summed E-state index contributed by atoms with van der Waals surface area (Å²) in [5, 5.41) is 8.89. The molecule has 88 valence electrons. The van der Waals surface area contributed by atoms with Gasteiger partial charge >= 0.3 is 11.9 Å². The number of carbonyl (C=O) groups excluding carboxylic acids is 1. The lowest BCUT2D eigenvalue weighted by Crippen LogP contribution is -2.08. The quantitative estimate of drug-likeness (QED) is 0.760. The number of esters is 1. The number of hydrogen-bond donors (Lipinski definition) is 2. The molecule has 0 atom stereocenters. The summed E-state index contributed by atoms with van der Waals surface area (Å²) in [7, 11) is 0.